The van der Waals surface area contributed by atoms with Crippen molar-refractivity contribution in [2.24, 2.45) is 0 Å². The number of carboxylic acids is 1. The van der Waals surface area contributed by atoms with Gasteiger partial charge in [0.1, 0.15) is 23.0 Å². The highest BCUT2D eigenvalue weighted by Crippen LogP contribution is 2.54. The lowest BCUT2D eigenvalue weighted by atomic mass is 10.1. The molecule has 0 bridgehead atoms. The Kier molecular flexibility index (Phi) is 22.8. The first-order valence-corrected chi connectivity index (χ1v) is 32.4. The summed E-state index contributed by atoms with van der Waals surface area (Å²) in [5.74, 6) is 0.378. The second-order valence-corrected chi connectivity index (χ2v) is 25.9. The monoisotopic (exact) mass is 1490 g/mol. The molecule has 0 atom stereocenters. The molecule has 0 aliphatic heterocycles. The van der Waals surface area contributed by atoms with Crippen LogP contribution in [0, 0.1) is 0 Å². The van der Waals surface area contributed by atoms with Crippen LogP contribution in [-0.2, 0) is 58.2 Å². The number of carbonyl (C=O) groups excluding carboxylic acids is 1. The topological polar surface area (TPSA) is 237 Å². The summed E-state index contributed by atoms with van der Waals surface area (Å²) >= 11 is 31.6. The molecule has 0 amide bonds. The first-order chi connectivity index (χ1) is 43.7. The molecule has 470 valence electrons. The number of anilines is 4. The van der Waals surface area contributed by atoms with Crippen LogP contribution in [-0.4, -0.2) is 44.5 Å². The van der Waals surface area contributed by atoms with Gasteiger partial charge in [0.15, 0.2) is 0 Å². The van der Waals surface area contributed by atoms with Crippen LogP contribution in [0.2, 0.25) is 20.1 Å². The average molecular weight is 1500 g/mol. The van der Waals surface area contributed by atoms with Crippen LogP contribution in [0.3, 0.4) is 0 Å². The van der Waals surface area contributed by atoms with E-state index in [0.29, 0.717) is 81.2 Å². The highest BCUT2D eigenvalue weighted by Gasteiger charge is 2.31. The minimum atomic E-state index is -4.60. The average Bonchev–Trinajstić information content (AvgIpc) is 2.19. The zero-order chi connectivity index (χ0) is 65.0. The Hall–Kier alpha value is -7.68. The largest absolute Gasteiger partial charge is 0.478 e. The zero-order valence-corrected chi connectivity index (χ0v) is 54.1. The van der Waals surface area contributed by atoms with Crippen molar-refractivity contribution in [2.75, 3.05) is 16.9 Å². The van der Waals surface area contributed by atoms with Gasteiger partial charge in [-0.2, -0.15) is 0 Å². The van der Waals surface area contributed by atoms with Crippen LogP contribution in [0.4, 0.5) is 41.5 Å². The van der Waals surface area contributed by atoms with Crippen LogP contribution in [0.25, 0.3) is 22.9 Å². The Morgan fingerprint density at radius 1 is 0.505 bits per heavy atom. The summed E-state index contributed by atoms with van der Waals surface area (Å²) in [6.45, 7) is 0.313. The Morgan fingerprint density at radius 2 is 0.901 bits per heavy atom. The van der Waals surface area contributed by atoms with Crippen molar-refractivity contribution in [1.82, 2.24) is 20.4 Å². The SMILES string of the molecule is COC(=O)c1cccc(Oc2cccc(-c3nnc(N(Cc4ccc(CP(=O)(OF)OF)c(Br)c4)c4ccc(Cl)c(Cl)c4)o3)c2)c1.O=C(O)c1cccc(Oc2cccc(-c3nnc(N(Cc4ccc(CP(=O)(OF)OF)c(Br)c4)c4ccc(Cl)c(Cl)c4)o3)c2)c1. The number of nitrogens with zero attached hydrogens (tertiary/aromatic N) is 6. The van der Waals surface area contributed by atoms with Gasteiger partial charge in [0, 0.05) is 31.4 Å². The standard InChI is InChI=1S/C30H21BrCl2F2N3O7P.C29H19BrCl2F2N3O7P/c1-41-29(39)20-5-3-7-24(14-20)42-23-6-2-4-19(13-23)28-36-37-30(43-28)38(22-10-11-26(32)27(33)15-22)16-18-8-9-21(25(31)12-18)17-46(40,44-34)45-35;30-24-11-17(7-8-20(24)16-45(40,43-33)44-34)15-37(21-9-10-25(31)26(32)14-21)29-36-35-27(42-29)18-3-1-5-22(12-18)41-23-6-2-4-19(13-23)28(38)39/h2-15H,16-17H2,1H3;1-14H,15-16H2,(H,38,39). The number of hydrogen-bond donors (Lipinski definition) is 1. The predicted octanol–water partition coefficient (Wildman–Crippen LogP) is 20.3. The van der Waals surface area contributed by atoms with E-state index >= 15 is 0 Å². The van der Waals surface area contributed by atoms with E-state index in [0.717, 1.165) is 0 Å². The lowest BCUT2D eigenvalue weighted by Crippen LogP contribution is -2.17. The smallest absolute Gasteiger partial charge is 0.399 e. The number of halogens is 10. The molecule has 1 N–H and O–H groups in total. The van der Waals surface area contributed by atoms with Gasteiger partial charge in [-0.15, -0.1) is 29.1 Å². The third-order valence-corrected chi connectivity index (χ3v) is 18.0. The van der Waals surface area contributed by atoms with Crippen molar-refractivity contribution < 1.29 is 83.9 Å². The summed E-state index contributed by atoms with van der Waals surface area (Å²) in [6, 6.07) is 46.0. The van der Waals surface area contributed by atoms with Crippen molar-refractivity contribution in [3.63, 3.8) is 0 Å². The Labute approximate surface area is 549 Å². The number of benzene rings is 8. The molecule has 2 heterocycles. The fourth-order valence-electron chi connectivity index (χ4n) is 8.42. The van der Waals surface area contributed by atoms with E-state index in [1.165, 1.54) is 31.4 Å². The molecule has 0 saturated heterocycles. The summed E-state index contributed by atoms with van der Waals surface area (Å²) in [5, 5.41) is 27.4. The van der Waals surface area contributed by atoms with Crippen molar-refractivity contribution in [2.45, 2.75) is 25.4 Å². The van der Waals surface area contributed by atoms with Gasteiger partial charge in [0.2, 0.25) is 11.8 Å². The van der Waals surface area contributed by atoms with E-state index < -0.39 is 39.5 Å². The number of aromatic carboxylic acids is 1. The highest BCUT2D eigenvalue weighted by atomic mass is 79.9. The van der Waals surface area contributed by atoms with Crippen molar-refractivity contribution in [3.8, 4) is 45.9 Å². The summed E-state index contributed by atoms with van der Waals surface area (Å²) < 4.78 is 117. The highest BCUT2D eigenvalue weighted by molar-refractivity contribution is 9.10. The van der Waals surface area contributed by atoms with Gasteiger partial charge < -0.3 is 28.2 Å². The van der Waals surface area contributed by atoms with Crippen molar-refractivity contribution in [3.05, 3.63) is 232 Å². The third kappa shape index (κ3) is 17.5. The van der Waals surface area contributed by atoms with Gasteiger partial charge in [-0.3, -0.25) is 18.9 Å². The molecule has 0 radical (unpaired) electrons. The van der Waals surface area contributed by atoms with E-state index in [-0.39, 0.29) is 63.6 Å². The fourth-order valence-corrected chi connectivity index (χ4v) is 12.2. The van der Waals surface area contributed by atoms with E-state index in [9.17, 15) is 41.9 Å². The van der Waals surface area contributed by atoms with E-state index in [1.807, 2.05) is 0 Å². The first kappa shape index (κ1) is 67.7. The van der Waals surface area contributed by atoms with E-state index in [4.69, 9.17) is 69.4 Å². The molecule has 91 heavy (non-hydrogen) atoms. The predicted molar refractivity (Wildman–Crippen MR) is 335 cm³/mol. The normalized spacial score (nSPS) is 11.4. The molecule has 20 nitrogen and oxygen atoms in total. The number of carboxylic acid groups (broad SMARTS) is 1. The number of aromatic nitrogens is 4. The Balaban J connectivity index is 0.000000215. The van der Waals surface area contributed by atoms with Crippen LogP contribution in [0.5, 0.6) is 23.0 Å². The van der Waals surface area contributed by atoms with Crippen LogP contribution in [0.1, 0.15) is 43.0 Å². The Bertz CT molecular complexity index is 4380. The molecule has 0 unspecified atom stereocenters. The summed E-state index contributed by atoms with van der Waals surface area (Å²) in [6.07, 6.45) is -1.30. The molecule has 10 aromatic rings. The molecule has 32 heteroatoms. The number of esters is 1. The molecule has 8 aromatic carbocycles. The van der Waals surface area contributed by atoms with Gasteiger partial charge in [-0.1, -0.05) is 137 Å². The molecule has 10 rings (SSSR count). The van der Waals surface area contributed by atoms with Crippen molar-refractivity contribution in [1.29, 1.82) is 0 Å². The van der Waals surface area contributed by atoms with Gasteiger partial charge in [-0.05, 0) is 162 Å². The summed E-state index contributed by atoms with van der Waals surface area (Å²) in [7, 11) is -7.90. The Morgan fingerprint density at radius 3 is 1.29 bits per heavy atom. The number of ether oxygens (including phenoxy) is 3. The van der Waals surface area contributed by atoms with Gasteiger partial charge in [0.25, 0.3) is 0 Å². The molecule has 0 spiro atoms. The van der Waals surface area contributed by atoms with Gasteiger partial charge >= 0.3 is 39.2 Å². The first-order valence-electron chi connectivity index (χ1n) is 25.8. The minimum absolute atomic E-state index is 0.0804. The van der Waals surface area contributed by atoms with Gasteiger partial charge in [-0.25, -0.2) is 9.59 Å². The maximum absolute atomic E-state index is 12.6. The van der Waals surface area contributed by atoms with E-state index in [1.54, 1.807) is 155 Å². The van der Waals surface area contributed by atoms with E-state index in [2.05, 4.69) is 71.2 Å². The second-order valence-electron chi connectivity index (χ2n) is 18.9. The second kappa shape index (κ2) is 30.6. The maximum atomic E-state index is 12.6. The molecule has 2 aromatic heterocycles. The quantitative estimate of drug-likeness (QED) is 0.0336. The fraction of sp³-hybridized carbons (Fsp3) is 0.0847. The maximum Gasteiger partial charge on any atom is 0.399 e. The minimum Gasteiger partial charge on any atom is -0.478 e. The van der Waals surface area contributed by atoms with Gasteiger partial charge in [0.05, 0.1) is 63.7 Å². The number of carbonyl (C=O) groups is 2. The van der Waals surface area contributed by atoms with Crippen molar-refractivity contribution >= 4 is 129 Å². The molecule has 0 saturated carbocycles. The zero-order valence-electron chi connectivity index (χ0n) is 46.1. The summed E-state index contributed by atoms with van der Waals surface area (Å²) in [5.41, 5.74) is 4.52. The lowest BCUT2D eigenvalue weighted by Gasteiger charge is -2.21. The molecular weight excluding hydrogens is 1460 g/mol. The number of rotatable bonds is 24. The summed E-state index contributed by atoms with van der Waals surface area (Å²) in [4.78, 5) is 26.6. The van der Waals surface area contributed by atoms with Crippen LogP contribution >= 0.6 is 93.5 Å². The number of hydrogen-bond acceptors (Lipinski definition) is 19. The number of methoxy groups -OCH3 is 1. The lowest BCUT2D eigenvalue weighted by molar-refractivity contribution is -0.0881. The molecule has 0 aliphatic carbocycles. The van der Waals surface area contributed by atoms with Crippen LogP contribution < -0.4 is 19.3 Å². The molecule has 0 aliphatic rings. The van der Waals surface area contributed by atoms with Crippen LogP contribution in [0.15, 0.2) is 188 Å². The molecular formula is C59H40Br2Cl4F4N6O14P2. The third-order valence-electron chi connectivity index (χ3n) is 12.8. The molecule has 0 fully saturated rings.